The molecule has 0 radical (unpaired) electrons. The van der Waals surface area contributed by atoms with Gasteiger partial charge in [-0.15, -0.1) is 0 Å². The Hall–Kier alpha value is -2.94. The molecule has 5 unspecified atom stereocenters. The zero-order valence-corrected chi connectivity index (χ0v) is 17.7. The molecule has 2 heterocycles. The molecule has 0 spiro atoms. The summed E-state index contributed by atoms with van der Waals surface area (Å²) >= 11 is 0. The number of aliphatic carboxylic acids is 1. The predicted octanol–water partition coefficient (Wildman–Crippen LogP) is 0.677. The minimum atomic E-state index is -1.04. The van der Waals surface area contributed by atoms with E-state index in [4.69, 9.17) is 4.74 Å². The second-order valence-electron chi connectivity index (χ2n) is 8.08. The average Bonchev–Trinajstić information content (AvgIpc) is 3.43. The minimum Gasteiger partial charge on any atom is -0.480 e. The molecule has 3 amide bonds. The van der Waals surface area contributed by atoms with E-state index in [1.807, 2.05) is 44.2 Å². The Balaban J connectivity index is 1.57. The number of nitrogens with one attached hydrogen (secondary N) is 2. The summed E-state index contributed by atoms with van der Waals surface area (Å²) in [6.07, 6.45) is -0.218. The number of hydrogen-bond acceptors (Lipinski definition) is 5. The second kappa shape index (κ2) is 9.91. The second-order valence-corrected chi connectivity index (χ2v) is 8.08. The third-order valence-electron chi connectivity index (χ3n) is 5.92. The van der Waals surface area contributed by atoms with Crippen LogP contribution in [0.1, 0.15) is 38.7 Å². The van der Waals surface area contributed by atoms with Gasteiger partial charge in [-0.25, -0.2) is 4.79 Å². The summed E-state index contributed by atoms with van der Waals surface area (Å²) in [6, 6.07) is 7.64. The van der Waals surface area contributed by atoms with E-state index in [1.165, 1.54) is 4.90 Å². The Morgan fingerprint density at radius 1 is 1.16 bits per heavy atom. The molecular formula is C22H29N3O6. The molecule has 31 heavy (non-hydrogen) atoms. The standard InChI is InChI=1S/C22H29N3O6/c1-3-13(2)16(21(28)25-11-7-10-15(25)22(29)30)24-20(27)18-17(31-18)19(26)23-12-14-8-5-4-6-9-14/h4-6,8-9,13,15-18H,3,7,10-12H2,1-2H3,(H,23,26)(H,24,27)(H,29,30). The van der Waals surface area contributed by atoms with Crippen LogP contribution in [0.15, 0.2) is 30.3 Å². The first-order valence-electron chi connectivity index (χ1n) is 10.6. The maximum atomic E-state index is 13.0. The summed E-state index contributed by atoms with van der Waals surface area (Å²) in [6.45, 7) is 4.39. The van der Waals surface area contributed by atoms with E-state index in [0.717, 1.165) is 5.56 Å². The van der Waals surface area contributed by atoms with Gasteiger partial charge in [0.15, 0.2) is 12.2 Å². The van der Waals surface area contributed by atoms with Crippen LogP contribution in [0.4, 0.5) is 0 Å². The van der Waals surface area contributed by atoms with Crippen molar-refractivity contribution in [2.24, 2.45) is 5.92 Å². The zero-order valence-electron chi connectivity index (χ0n) is 17.7. The van der Waals surface area contributed by atoms with Gasteiger partial charge in [-0.3, -0.25) is 14.4 Å². The van der Waals surface area contributed by atoms with Crippen LogP contribution >= 0.6 is 0 Å². The van der Waals surface area contributed by atoms with Gasteiger partial charge in [-0.05, 0) is 24.3 Å². The monoisotopic (exact) mass is 431 g/mol. The molecule has 1 aromatic carbocycles. The molecule has 5 atom stereocenters. The number of likely N-dealkylation sites (tertiary alicyclic amines) is 1. The van der Waals surface area contributed by atoms with E-state index in [1.54, 1.807) is 0 Å². The minimum absolute atomic E-state index is 0.199. The quantitative estimate of drug-likeness (QED) is 0.493. The summed E-state index contributed by atoms with van der Waals surface area (Å²) in [5.41, 5.74) is 0.929. The first-order valence-corrected chi connectivity index (χ1v) is 10.6. The van der Waals surface area contributed by atoms with E-state index >= 15 is 0 Å². The van der Waals surface area contributed by atoms with Gasteiger partial charge in [0, 0.05) is 13.1 Å². The highest BCUT2D eigenvalue weighted by atomic mass is 16.6. The van der Waals surface area contributed by atoms with Gasteiger partial charge in [0.2, 0.25) is 5.91 Å². The Labute approximate surface area is 181 Å². The number of ether oxygens (including phenoxy) is 1. The fraction of sp³-hybridized carbons (Fsp3) is 0.545. The lowest BCUT2D eigenvalue weighted by molar-refractivity contribution is -0.150. The van der Waals surface area contributed by atoms with E-state index in [2.05, 4.69) is 10.6 Å². The maximum Gasteiger partial charge on any atom is 0.326 e. The van der Waals surface area contributed by atoms with Gasteiger partial charge in [0.1, 0.15) is 12.1 Å². The number of hydrogen-bond donors (Lipinski definition) is 3. The number of epoxide rings is 1. The summed E-state index contributed by atoms with van der Waals surface area (Å²) in [7, 11) is 0. The third-order valence-corrected chi connectivity index (χ3v) is 5.92. The molecule has 0 aliphatic carbocycles. The third kappa shape index (κ3) is 5.41. The normalized spacial score (nSPS) is 24.2. The summed E-state index contributed by atoms with van der Waals surface area (Å²) in [4.78, 5) is 50.8. The number of nitrogens with zero attached hydrogens (tertiary/aromatic N) is 1. The molecule has 0 bridgehead atoms. The summed E-state index contributed by atoms with van der Waals surface area (Å²) in [5.74, 6) is -2.57. The van der Waals surface area contributed by atoms with E-state index in [-0.39, 0.29) is 11.8 Å². The smallest absolute Gasteiger partial charge is 0.326 e. The Bertz CT molecular complexity index is 830. The molecule has 0 saturated carbocycles. The van der Waals surface area contributed by atoms with Gasteiger partial charge in [0.25, 0.3) is 11.8 Å². The number of carbonyl (C=O) groups is 4. The van der Waals surface area contributed by atoms with Crippen molar-refractivity contribution in [3.8, 4) is 0 Å². The van der Waals surface area contributed by atoms with E-state index < -0.39 is 42.1 Å². The van der Waals surface area contributed by atoms with E-state index in [0.29, 0.717) is 32.4 Å². The number of carboxylic acid groups (broad SMARTS) is 1. The highest BCUT2D eigenvalue weighted by molar-refractivity contribution is 5.97. The van der Waals surface area contributed by atoms with Gasteiger partial charge < -0.3 is 25.4 Å². The van der Waals surface area contributed by atoms with E-state index in [9.17, 15) is 24.3 Å². The van der Waals surface area contributed by atoms with Crippen molar-refractivity contribution in [2.75, 3.05) is 6.54 Å². The highest BCUT2D eigenvalue weighted by Crippen LogP contribution is 2.25. The first-order chi connectivity index (χ1) is 14.8. The van der Waals surface area contributed by atoms with Gasteiger partial charge in [0.05, 0.1) is 0 Å². The molecule has 2 aliphatic rings. The fourth-order valence-electron chi connectivity index (χ4n) is 3.78. The maximum absolute atomic E-state index is 13.0. The molecule has 9 heteroatoms. The number of amides is 3. The van der Waals surface area contributed by atoms with Gasteiger partial charge in [-0.1, -0.05) is 50.6 Å². The molecule has 3 N–H and O–H groups in total. The predicted molar refractivity (Wildman–Crippen MR) is 111 cm³/mol. The Kier molecular flexibility index (Phi) is 7.27. The van der Waals surface area contributed by atoms with Crippen molar-refractivity contribution < 1.29 is 29.0 Å². The molecule has 2 saturated heterocycles. The number of benzene rings is 1. The number of carboxylic acids is 1. The van der Waals surface area contributed by atoms with Crippen LogP contribution in [0.5, 0.6) is 0 Å². The largest absolute Gasteiger partial charge is 0.480 e. The lowest BCUT2D eigenvalue weighted by atomic mass is 9.97. The van der Waals surface area contributed by atoms with Crippen LogP contribution in [0.2, 0.25) is 0 Å². The van der Waals surface area contributed by atoms with Gasteiger partial charge >= 0.3 is 5.97 Å². The zero-order chi connectivity index (χ0) is 22.5. The SMILES string of the molecule is CCC(C)C(NC(=O)C1OC1C(=O)NCc1ccccc1)C(=O)N1CCCC1C(=O)O. The lowest BCUT2D eigenvalue weighted by Crippen LogP contribution is -2.55. The molecule has 3 rings (SSSR count). The highest BCUT2D eigenvalue weighted by Gasteiger charge is 2.51. The molecule has 2 aliphatic heterocycles. The van der Waals surface area contributed by atoms with Crippen molar-refractivity contribution in [1.82, 2.24) is 15.5 Å². The topological polar surface area (TPSA) is 128 Å². The van der Waals surface area contributed by atoms with Crippen molar-refractivity contribution in [1.29, 1.82) is 0 Å². The number of rotatable bonds is 9. The molecular weight excluding hydrogens is 402 g/mol. The van der Waals surface area contributed by atoms with Crippen LogP contribution < -0.4 is 10.6 Å². The van der Waals surface area contributed by atoms with Crippen LogP contribution in [-0.2, 0) is 30.5 Å². The summed E-state index contributed by atoms with van der Waals surface area (Å²) < 4.78 is 5.26. The molecule has 9 nitrogen and oxygen atoms in total. The Morgan fingerprint density at radius 3 is 2.48 bits per heavy atom. The lowest BCUT2D eigenvalue weighted by Gasteiger charge is -2.30. The Morgan fingerprint density at radius 2 is 1.84 bits per heavy atom. The van der Waals surface area contributed by atoms with Crippen molar-refractivity contribution >= 4 is 23.7 Å². The molecule has 2 fully saturated rings. The van der Waals surface area contributed by atoms with Crippen LogP contribution in [0, 0.1) is 5.92 Å². The van der Waals surface area contributed by atoms with Crippen LogP contribution in [-0.4, -0.2) is 64.5 Å². The van der Waals surface area contributed by atoms with Gasteiger partial charge in [-0.2, -0.15) is 0 Å². The fourth-order valence-corrected chi connectivity index (χ4v) is 3.78. The van der Waals surface area contributed by atoms with Crippen molar-refractivity contribution in [2.45, 2.75) is 63.9 Å². The van der Waals surface area contributed by atoms with Crippen molar-refractivity contribution in [3.63, 3.8) is 0 Å². The number of carbonyl (C=O) groups excluding carboxylic acids is 3. The molecule has 168 valence electrons. The molecule has 0 aromatic heterocycles. The van der Waals surface area contributed by atoms with Crippen LogP contribution in [0.25, 0.3) is 0 Å². The molecule has 1 aromatic rings. The average molecular weight is 431 g/mol. The summed E-state index contributed by atoms with van der Waals surface area (Å²) in [5, 5.41) is 14.8. The van der Waals surface area contributed by atoms with Crippen LogP contribution in [0.3, 0.4) is 0 Å². The first kappa shape index (κ1) is 22.7. The van der Waals surface area contributed by atoms with Crippen molar-refractivity contribution in [3.05, 3.63) is 35.9 Å².